The highest BCUT2D eigenvalue weighted by Gasteiger charge is 2.37. The molecule has 0 bridgehead atoms. The van der Waals surface area contributed by atoms with Crippen molar-refractivity contribution < 1.29 is 0 Å². The quantitative estimate of drug-likeness (QED) is 0.611. The minimum Gasteiger partial charge on any atom is -0.231 e. The number of hydrazine groups is 1. The van der Waals surface area contributed by atoms with Gasteiger partial charge in [-0.3, -0.25) is 0 Å². The van der Waals surface area contributed by atoms with Gasteiger partial charge in [0.05, 0.1) is 0 Å². The fourth-order valence-electron chi connectivity index (χ4n) is 1.09. The molecule has 1 fully saturated rings. The Morgan fingerprint density at radius 3 is 1.23 bits per heavy atom. The average Bonchev–Trinajstić information content (AvgIpc) is 2.28. The number of rotatable bonds is 0. The third kappa shape index (κ3) is 3.13. The van der Waals surface area contributed by atoms with Crippen LogP contribution in [0.2, 0.25) is 0 Å². The first-order valence-corrected chi connectivity index (χ1v) is 7.83. The third-order valence-electron chi connectivity index (χ3n) is 2.22. The largest absolute Gasteiger partial charge is 0.231 e. The van der Waals surface area contributed by atoms with Crippen LogP contribution in [0.1, 0.15) is 41.5 Å². The molecule has 0 aromatic heterocycles. The number of hydrogen-bond acceptors (Lipinski definition) is 2. The first-order valence-electron chi connectivity index (χ1n) is 4.78. The highest BCUT2D eigenvalue weighted by molar-refractivity contribution is 7.76. The van der Waals surface area contributed by atoms with E-state index in [1.165, 1.54) is 5.90 Å². The van der Waals surface area contributed by atoms with Gasteiger partial charge in [-0.1, -0.05) is 41.5 Å². The summed E-state index contributed by atoms with van der Waals surface area (Å²) in [7, 11) is -0.0441. The molecule has 0 aliphatic carbocycles. The molecule has 13 heavy (non-hydrogen) atoms. The highest BCUT2D eigenvalue weighted by atomic mass is 31.2. The van der Waals surface area contributed by atoms with Crippen LogP contribution in [0.25, 0.3) is 0 Å². The molecule has 2 nitrogen and oxygen atoms in total. The van der Waals surface area contributed by atoms with E-state index in [0.29, 0.717) is 10.3 Å². The fraction of sp³-hybridized carbons (Fsp3) is 1.00. The molecule has 0 amide bonds. The summed E-state index contributed by atoms with van der Waals surface area (Å²) >= 11 is 0. The summed E-state index contributed by atoms with van der Waals surface area (Å²) in [5.74, 6) is 1.36. The summed E-state index contributed by atoms with van der Waals surface area (Å²) in [5, 5.41) is 7.86. The molecular weight excluding hydrogens is 198 g/mol. The third-order valence-corrected chi connectivity index (χ3v) is 8.66. The van der Waals surface area contributed by atoms with Crippen molar-refractivity contribution in [1.29, 1.82) is 0 Å². The van der Waals surface area contributed by atoms with E-state index in [1.54, 1.807) is 0 Å². The molecule has 1 heterocycles. The molecule has 0 aromatic rings. The van der Waals surface area contributed by atoms with Crippen LogP contribution in [0.4, 0.5) is 0 Å². The average molecular weight is 220 g/mol. The van der Waals surface area contributed by atoms with Crippen LogP contribution in [0.5, 0.6) is 0 Å². The van der Waals surface area contributed by atoms with Gasteiger partial charge in [-0.05, 0) is 26.5 Å². The second-order valence-electron chi connectivity index (χ2n) is 5.56. The molecule has 1 saturated heterocycles. The number of hydrogen-bond donors (Lipinski definition) is 2. The van der Waals surface area contributed by atoms with Crippen LogP contribution in [-0.4, -0.2) is 16.2 Å². The Balaban J connectivity index is 2.55. The predicted molar refractivity (Wildman–Crippen MR) is 64.5 cm³/mol. The minimum absolute atomic E-state index is 0.0221. The lowest BCUT2D eigenvalue weighted by Crippen LogP contribution is -2.25. The second kappa shape index (κ2) is 3.74. The molecule has 2 atom stereocenters. The predicted octanol–water partition coefficient (Wildman–Crippen LogP) is 3.44. The van der Waals surface area contributed by atoms with Gasteiger partial charge in [0.2, 0.25) is 0 Å². The summed E-state index contributed by atoms with van der Waals surface area (Å²) in [6, 6.07) is 0. The van der Waals surface area contributed by atoms with Crippen molar-refractivity contribution in [3.63, 3.8) is 0 Å². The summed E-state index contributed by atoms with van der Waals surface area (Å²) in [5.41, 5.74) is 0. The summed E-state index contributed by atoms with van der Waals surface area (Å²) < 4.78 is 0. The van der Waals surface area contributed by atoms with E-state index in [9.17, 15) is 0 Å². The van der Waals surface area contributed by atoms with Gasteiger partial charge >= 0.3 is 0 Å². The van der Waals surface area contributed by atoms with Crippen LogP contribution in [0.15, 0.2) is 0 Å². The van der Waals surface area contributed by atoms with E-state index in [4.69, 9.17) is 0 Å². The fourth-order valence-corrected chi connectivity index (χ4v) is 7.82. The zero-order chi connectivity index (χ0) is 10.3. The first kappa shape index (κ1) is 11.9. The van der Waals surface area contributed by atoms with Gasteiger partial charge in [0, 0.05) is 5.90 Å². The zero-order valence-corrected chi connectivity index (χ0v) is 11.4. The van der Waals surface area contributed by atoms with Crippen LogP contribution >= 0.6 is 16.1 Å². The molecule has 4 heteroatoms. The summed E-state index contributed by atoms with van der Waals surface area (Å²) in [4.78, 5) is 0. The lowest BCUT2D eigenvalue weighted by atomic mass is 10.3. The Morgan fingerprint density at radius 1 is 0.769 bits per heavy atom. The van der Waals surface area contributed by atoms with Crippen molar-refractivity contribution >= 4 is 16.1 Å². The Morgan fingerprint density at radius 2 is 1.08 bits per heavy atom. The second-order valence-corrected chi connectivity index (χ2v) is 11.5. The SMILES string of the molecule is CC(C)(C)P1CP(C(C)(C)C)NN1. The van der Waals surface area contributed by atoms with Crippen molar-refractivity contribution in [2.75, 3.05) is 5.90 Å². The van der Waals surface area contributed by atoms with Crippen molar-refractivity contribution in [1.82, 2.24) is 10.4 Å². The molecule has 0 spiro atoms. The minimum atomic E-state index is -0.0221. The van der Waals surface area contributed by atoms with Crippen molar-refractivity contribution in [2.45, 2.75) is 51.9 Å². The normalized spacial score (nSPS) is 30.9. The summed E-state index contributed by atoms with van der Waals surface area (Å²) in [6.07, 6.45) is 0. The monoisotopic (exact) mass is 220 g/mol. The van der Waals surface area contributed by atoms with E-state index in [1.807, 2.05) is 0 Å². The molecule has 1 aliphatic rings. The van der Waals surface area contributed by atoms with E-state index in [2.05, 4.69) is 51.9 Å². The zero-order valence-electron chi connectivity index (χ0n) is 9.60. The topological polar surface area (TPSA) is 24.1 Å². The molecule has 2 N–H and O–H groups in total. The van der Waals surface area contributed by atoms with E-state index >= 15 is 0 Å². The smallest absolute Gasteiger partial charge is 0.0176 e. The molecule has 78 valence electrons. The van der Waals surface area contributed by atoms with Gasteiger partial charge in [0.1, 0.15) is 0 Å². The molecule has 1 aliphatic heterocycles. The Labute approximate surface area is 84.8 Å². The maximum atomic E-state index is 3.50. The van der Waals surface area contributed by atoms with Gasteiger partial charge in [-0.15, -0.1) is 0 Å². The first-order chi connectivity index (χ1) is 5.71. The molecule has 0 aromatic carbocycles. The maximum absolute atomic E-state index is 3.50. The summed E-state index contributed by atoms with van der Waals surface area (Å²) in [6.45, 7) is 14.0. The van der Waals surface area contributed by atoms with Crippen LogP contribution in [0, 0.1) is 0 Å². The van der Waals surface area contributed by atoms with Crippen LogP contribution < -0.4 is 10.4 Å². The van der Waals surface area contributed by atoms with Gasteiger partial charge in [-0.25, -0.2) is 10.4 Å². The Kier molecular flexibility index (Phi) is 3.41. The molecule has 1 rings (SSSR count). The lowest BCUT2D eigenvalue weighted by Gasteiger charge is -2.28. The van der Waals surface area contributed by atoms with Gasteiger partial charge in [0.25, 0.3) is 0 Å². The molecule has 0 saturated carbocycles. The van der Waals surface area contributed by atoms with Crippen molar-refractivity contribution in [3.8, 4) is 0 Å². The Hall–Kier alpha value is 0.780. The standard InChI is InChI=1S/C9H22N2P2/c1-8(2,3)12-7-13(11-10-12)9(4,5)6/h10-11H,7H2,1-6H3. The lowest BCUT2D eigenvalue weighted by molar-refractivity contribution is 0.754. The van der Waals surface area contributed by atoms with E-state index < -0.39 is 0 Å². The van der Waals surface area contributed by atoms with Crippen molar-refractivity contribution in [2.24, 2.45) is 0 Å². The highest BCUT2D eigenvalue weighted by Crippen LogP contribution is 2.63. The Bertz CT molecular complexity index is 161. The van der Waals surface area contributed by atoms with Gasteiger partial charge in [-0.2, -0.15) is 0 Å². The van der Waals surface area contributed by atoms with Crippen molar-refractivity contribution in [3.05, 3.63) is 0 Å². The number of nitrogens with one attached hydrogen (secondary N) is 2. The maximum Gasteiger partial charge on any atom is 0.0176 e. The molecule has 0 radical (unpaired) electrons. The van der Waals surface area contributed by atoms with E-state index in [-0.39, 0.29) is 16.1 Å². The van der Waals surface area contributed by atoms with Crippen LogP contribution in [-0.2, 0) is 0 Å². The van der Waals surface area contributed by atoms with Gasteiger partial charge < -0.3 is 0 Å². The van der Waals surface area contributed by atoms with E-state index in [0.717, 1.165) is 0 Å². The molecular formula is C9H22N2P2. The van der Waals surface area contributed by atoms with Gasteiger partial charge in [0.15, 0.2) is 0 Å². The molecule has 2 unspecified atom stereocenters. The van der Waals surface area contributed by atoms with Crippen LogP contribution in [0.3, 0.4) is 0 Å².